The van der Waals surface area contributed by atoms with Gasteiger partial charge in [0, 0.05) is 18.5 Å². The summed E-state index contributed by atoms with van der Waals surface area (Å²) in [6.45, 7) is 5.58. The van der Waals surface area contributed by atoms with E-state index in [4.69, 9.17) is 0 Å². The van der Waals surface area contributed by atoms with Crippen LogP contribution >= 0.6 is 0 Å². The quantitative estimate of drug-likeness (QED) is 0.787. The lowest BCUT2D eigenvalue weighted by Crippen LogP contribution is -2.52. The number of urea groups is 1. The molecule has 1 heterocycles. The summed E-state index contributed by atoms with van der Waals surface area (Å²) in [7, 11) is 0. The fourth-order valence-corrected chi connectivity index (χ4v) is 3.78. The van der Waals surface area contributed by atoms with Gasteiger partial charge in [-0.1, -0.05) is 24.6 Å². The molecule has 0 spiro atoms. The Hall–Kier alpha value is -2.04. The van der Waals surface area contributed by atoms with E-state index in [9.17, 15) is 9.59 Å². The van der Waals surface area contributed by atoms with E-state index in [1.165, 1.54) is 23.1 Å². The average molecular weight is 343 g/mol. The third kappa shape index (κ3) is 3.97. The first-order valence-corrected chi connectivity index (χ1v) is 9.40. The molecule has 25 heavy (non-hydrogen) atoms. The van der Waals surface area contributed by atoms with Gasteiger partial charge in [0.25, 0.3) is 0 Å². The molecule has 0 bridgehead atoms. The molecule has 1 saturated heterocycles. The molecule has 1 aromatic rings. The second-order valence-electron chi connectivity index (χ2n) is 7.60. The molecule has 1 aliphatic heterocycles. The molecule has 1 aliphatic carbocycles. The van der Waals surface area contributed by atoms with Crippen LogP contribution in [-0.2, 0) is 10.2 Å². The Kier molecular flexibility index (Phi) is 5.30. The third-order valence-electron chi connectivity index (χ3n) is 5.86. The molecule has 3 amide bonds. The minimum Gasteiger partial charge on any atom is -0.354 e. The molecule has 5 nitrogen and oxygen atoms in total. The minimum atomic E-state index is -0.415. The normalized spacial score (nSPS) is 22.3. The molecule has 1 saturated carbocycles. The van der Waals surface area contributed by atoms with Gasteiger partial charge in [-0.05, 0) is 62.6 Å². The first-order chi connectivity index (χ1) is 12.0. The van der Waals surface area contributed by atoms with Crippen LogP contribution in [0, 0.1) is 13.8 Å². The standard InChI is InChI=1S/C20H29N3O2/c1-14-7-8-16(12-15(14)2)20(9-5-10-20)13-22-19(25)23-17-6-3-4-11-21-18(17)24/h7-8,12,17H,3-6,9-11,13H2,1-2H3,(H,21,24)(H2,22,23,25). The zero-order chi connectivity index (χ0) is 17.9. The van der Waals surface area contributed by atoms with Crippen LogP contribution in [0.1, 0.15) is 55.2 Å². The summed E-state index contributed by atoms with van der Waals surface area (Å²) < 4.78 is 0. The van der Waals surface area contributed by atoms with Gasteiger partial charge in [-0.2, -0.15) is 0 Å². The molecule has 1 unspecified atom stereocenters. The van der Waals surface area contributed by atoms with Crippen molar-refractivity contribution in [3.8, 4) is 0 Å². The van der Waals surface area contributed by atoms with Gasteiger partial charge < -0.3 is 16.0 Å². The fraction of sp³-hybridized carbons (Fsp3) is 0.600. The molecule has 1 aromatic carbocycles. The van der Waals surface area contributed by atoms with Crippen molar-refractivity contribution >= 4 is 11.9 Å². The zero-order valence-electron chi connectivity index (χ0n) is 15.3. The minimum absolute atomic E-state index is 0.0432. The second-order valence-corrected chi connectivity index (χ2v) is 7.60. The first kappa shape index (κ1) is 17.8. The molecule has 3 rings (SSSR count). The van der Waals surface area contributed by atoms with Gasteiger partial charge >= 0.3 is 6.03 Å². The number of hydrogen-bond donors (Lipinski definition) is 3. The lowest BCUT2D eigenvalue weighted by Gasteiger charge is -2.43. The van der Waals surface area contributed by atoms with Crippen LogP contribution in [0.25, 0.3) is 0 Å². The van der Waals surface area contributed by atoms with Gasteiger partial charge in [-0.3, -0.25) is 4.79 Å². The van der Waals surface area contributed by atoms with Crippen molar-refractivity contribution in [1.29, 1.82) is 0 Å². The summed E-state index contributed by atoms with van der Waals surface area (Å²) in [4.78, 5) is 24.3. The van der Waals surface area contributed by atoms with Crippen LogP contribution in [0.2, 0.25) is 0 Å². The highest BCUT2D eigenvalue weighted by Crippen LogP contribution is 2.43. The predicted octanol–water partition coefficient (Wildman–Crippen LogP) is 2.69. The van der Waals surface area contributed by atoms with Gasteiger partial charge in [0.1, 0.15) is 6.04 Å². The van der Waals surface area contributed by atoms with Crippen molar-refractivity contribution < 1.29 is 9.59 Å². The average Bonchev–Trinajstić information content (AvgIpc) is 2.74. The van der Waals surface area contributed by atoms with Crippen molar-refractivity contribution in [3.63, 3.8) is 0 Å². The van der Waals surface area contributed by atoms with Gasteiger partial charge in [0.2, 0.25) is 5.91 Å². The lowest BCUT2D eigenvalue weighted by atomic mass is 9.64. The van der Waals surface area contributed by atoms with Gasteiger partial charge in [-0.15, -0.1) is 0 Å². The maximum Gasteiger partial charge on any atom is 0.315 e. The van der Waals surface area contributed by atoms with E-state index in [-0.39, 0.29) is 17.4 Å². The van der Waals surface area contributed by atoms with Crippen LogP contribution < -0.4 is 16.0 Å². The SMILES string of the molecule is Cc1ccc(C2(CNC(=O)NC3CCCCNC3=O)CCC2)cc1C. The molecular formula is C20H29N3O2. The Labute approximate surface area is 150 Å². The van der Waals surface area contributed by atoms with E-state index in [1.54, 1.807) is 0 Å². The number of carbonyl (C=O) groups is 2. The number of nitrogens with one attached hydrogen (secondary N) is 3. The van der Waals surface area contributed by atoms with Crippen LogP contribution in [0.3, 0.4) is 0 Å². The molecular weight excluding hydrogens is 314 g/mol. The highest BCUT2D eigenvalue weighted by Gasteiger charge is 2.39. The number of hydrogen-bond acceptors (Lipinski definition) is 2. The maximum absolute atomic E-state index is 12.3. The number of amides is 3. The fourth-order valence-electron chi connectivity index (χ4n) is 3.78. The van der Waals surface area contributed by atoms with E-state index in [0.717, 1.165) is 25.7 Å². The summed E-state index contributed by atoms with van der Waals surface area (Å²) in [5.74, 6) is -0.0693. The van der Waals surface area contributed by atoms with Crippen molar-refractivity contribution in [2.75, 3.05) is 13.1 Å². The van der Waals surface area contributed by atoms with E-state index < -0.39 is 6.04 Å². The van der Waals surface area contributed by atoms with E-state index in [1.807, 2.05) is 0 Å². The van der Waals surface area contributed by atoms with E-state index >= 15 is 0 Å². The summed E-state index contributed by atoms with van der Waals surface area (Å²) in [5.41, 5.74) is 3.95. The topological polar surface area (TPSA) is 70.2 Å². The molecule has 0 radical (unpaired) electrons. The van der Waals surface area contributed by atoms with Crippen LogP contribution in [-0.4, -0.2) is 31.1 Å². The molecule has 0 aromatic heterocycles. The smallest absolute Gasteiger partial charge is 0.315 e. The van der Waals surface area contributed by atoms with Gasteiger partial charge in [0.15, 0.2) is 0 Å². The monoisotopic (exact) mass is 343 g/mol. The zero-order valence-corrected chi connectivity index (χ0v) is 15.3. The van der Waals surface area contributed by atoms with Crippen molar-refractivity contribution in [2.45, 2.75) is 63.8 Å². The maximum atomic E-state index is 12.3. The Morgan fingerprint density at radius 2 is 2.00 bits per heavy atom. The summed E-state index contributed by atoms with van der Waals surface area (Å²) in [6, 6.07) is 5.96. The van der Waals surface area contributed by atoms with Crippen LogP contribution in [0.5, 0.6) is 0 Å². The number of aryl methyl sites for hydroxylation is 2. The van der Waals surface area contributed by atoms with Gasteiger partial charge in [-0.25, -0.2) is 4.79 Å². The highest BCUT2D eigenvalue weighted by atomic mass is 16.2. The first-order valence-electron chi connectivity index (χ1n) is 9.40. The molecule has 136 valence electrons. The molecule has 3 N–H and O–H groups in total. The molecule has 1 atom stereocenters. The Balaban J connectivity index is 1.59. The second kappa shape index (κ2) is 7.46. The number of carbonyl (C=O) groups excluding carboxylic acids is 2. The lowest BCUT2D eigenvalue weighted by molar-refractivity contribution is -0.122. The van der Waals surface area contributed by atoms with Crippen molar-refractivity contribution in [2.24, 2.45) is 0 Å². The highest BCUT2D eigenvalue weighted by molar-refractivity contribution is 5.87. The largest absolute Gasteiger partial charge is 0.354 e. The van der Waals surface area contributed by atoms with Crippen LogP contribution in [0.4, 0.5) is 4.79 Å². The summed E-state index contributed by atoms with van der Waals surface area (Å²) in [6.07, 6.45) is 6.03. The predicted molar refractivity (Wildman–Crippen MR) is 98.6 cm³/mol. The molecule has 2 fully saturated rings. The van der Waals surface area contributed by atoms with E-state index in [0.29, 0.717) is 19.5 Å². The summed E-state index contributed by atoms with van der Waals surface area (Å²) in [5, 5.41) is 8.71. The number of benzene rings is 1. The third-order valence-corrected chi connectivity index (χ3v) is 5.86. The Morgan fingerprint density at radius 3 is 2.68 bits per heavy atom. The van der Waals surface area contributed by atoms with Crippen LogP contribution in [0.15, 0.2) is 18.2 Å². The Bertz CT molecular complexity index is 652. The molecule has 2 aliphatic rings. The Morgan fingerprint density at radius 1 is 1.20 bits per heavy atom. The van der Waals surface area contributed by atoms with Crippen molar-refractivity contribution in [1.82, 2.24) is 16.0 Å². The number of rotatable bonds is 4. The molecule has 5 heteroatoms. The van der Waals surface area contributed by atoms with Gasteiger partial charge in [0.05, 0.1) is 0 Å². The van der Waals surface area contributed by atoms with Crippen molar-refractivity contribution in [3.05, 3.63) is 34.9 Å². The summed E-state index contributed by atoms with van der Waals surface area (Å²) >= 11 is 0. The van der Waals surface area contributed by atoms with E-state index in [2.05, 4.69) is 48.0 Å².